The van der Waals surface area contributed by atoms with Crippen LogP contribution in [0.5, 0.6) is 0 Å². The van der Waals surface area contributed by atoms with Gasteiger partial charge in [-0.1, -0.05) is 19.8 Å². The number of carboxylic acids is 1. The molecule has 0 aliphatic carbocycles. The number of ether oxygens (including phenoxy) is 1. The van der Waals surface area contributed by atoms with Gasteiger partial charge in [-0.25, -0.2) is 0 Å². The molecule has 0 heterocycles. The highest BCUT2D eigenvalue weighted by molar-refractivity contribution is 6.24. The number of carboxylic acid groups (broad SMARTS) is 1. The fraction of sp³-hybridized carbons (Fsp3) is 0.800. The molecule has 0 amide bonds. The Balaban J connectivity index is 4.37. The van der Waals surface area contributed by atoms with Gasteiger partial charge < -0.3 is 9.84 Å². The zero-order chi connectivity index (χ0) is 11.8. The van der Waals surface area contributed by atoms with Crippen LogP contribution in [-0.2, 0) is 14.3 Å². The second kappa shape index (κ2) is 7.51. The fourth-order valence-electron chi connectivity index (χ4n) is 1.20. The molecule has 5 heteroatoms. The number of unbranched alkanes of at least 4 members (excludes halogenated alkanes) is 1. The number of hydrogen-bond donors (Lipinski definition) is 1. The summed E-state index contributed by atoms with van der Waals surface area (Å²) >= 11 is 5.87. The lowest BCUT2D eigenvalue weighted by Gasteiger charge is -2.16. The average Bonchev–Trinajstić information content (AvgIpc) is 2.14. The number of rotatable bonds is 7. The normalized spacial score (nSPS) is 14.3. The lowest BCUT2D eigenvalue weighted by molar-refractivity contribution is -0.158. The van der Waals surface area contributed by atoms with E-state index in [4.69, 9.17) is 16.7 Å². The molecular weight excluding hydrogens is 220 g/mol. The Morgan fingerprint density at radius 1 is 1.40 bits per heavy atom. The predicted octanol–water partition coefficient (Wildman–Crippen LogP) is 2.05. The molecule has 0 spiro atoms. The second-order valence-corrected chi connectivity index (χ2v) is 3.79. The quantitative estimate of drug-likeness (QED) is 0.417. The summed E-state index contributed by atoms with van der Waals surface area (Å²) in [5.74, 6) is -3.22. The van der Waals surface area contributed by atoms with E-state index in [-0.39, 0.29) is 6.61 Å². The van der Waals surface area contributed by atoms with Crippen LogP contribution < -0.4 is 0 Å². The molecule has 0 aromatic heterocycles. The van der Waals surface area contributed by atoms with Crippen LogP contribution in [0, 0.1) is 5.92 Å². The summed E-state index contributed by atoms with van der Waals surface area (Å²) < 4.78 is 4.66. The van der Waals surface area contributed by atoms with Crippen molar-refractivity contribution in [2.75, 3.05) is 6.61 Å². The minimum absolute atomic E-state index is 0.167. The molecule has 0 bridgehead atoms. The summed E-state index contributed by atoms with van der Waals surface area (Å²) in [6, 6.07) is 0. The van der Waals surface area contributed by atoms with Crippen LogP contribution in [0.4, 0.5) is 0 Å². The van der Waals surface area contributed by atoms with Gasteiger partial charge in [-0.2, -0.15) is 0 Å². The molecule has 0 aromatic rings. The average molecular weight is 237 g/mol. The van der Waals surface area contributed by atoms with E-state index in [1.165, 1.54) is 0 Å². The Labute approximate surface area is 94.6 Å². The van der Waals surface area contributed by atoms with Crippen LogP contribution in [-0.4, -0.2) is 29.0 Å². The highest BCUT2D eigenvalue weighted by Gasteiger charge is 2.34. The number of carbonyl (C=O) groups excluding carboxylic acids is 1. The van der Waals surface area contributed by atoms with E-state index in [2.05, 4.69) is 4.74 Å². The highest BCUT2D eigenvalue weighted by atomic mass is 35.5. The molecule has 1 N–H and O–H groups in total. The van der Waals surface area contributed by atoms with Crippen LogP contribution in [0.15, 0.2) is 0 Å². The fourth-order valence-corrected chi connectivity index (χ4v) is 1.57. The molecule has 0 aromatic carbocycles. The van der Waals surface area contributed by atoms with E-state index < -0.39 is 23.2 Å². The van der Waals surface area contributed by atoms with Crippen molar-refractivity contribution in [3.05, 3.63) is 0 Å². The molecular formula is C10H17ClO4. The summed E-state index contributed by atoms with van der Waals surface area (Å²) in [4.78, 5) is 22.1. The first-order valence-electron chi connectivity index (χ1n) is 5.08. The Morgan fingerprint density at radius 2 is 2.00 bits per heavy atom. The van der Waals surface area contributed by atoms with Crippen molar-refractivity contribution in [2.45, 2.75) is 38.5 Å². The SMILES string of the molecule is CCCCC(Cl)C(C(=O)O)C(=O)OCC. The largest absolute Gasteiger partial charge is 0.481 e. The smallest absolute Gasteiger partial charge is 0.321 e. The number of aliphatic carboxylic acids is 1. The van der Waals surface area contributed by atoms with E-state index in [1.54, 1.807) is 6.92 Å². The first kappa shape index (κ1) is 14.2. The lowest BCUT2D eigenvalue weighted by Crippen LogP contribution is -2.33. The molecule has 2 unspecified atom stereocenters. The van der Waals surface area contributed by atoms with Crippen LogP contribution in [0.1, 0.15) is 33.1 Å². The maximum atomic E-state index is 11.3. The summed E-state index contributed by atoms with van der Waals surface area (Å²) in [6.07, 6.45) is 2.23. The van der Waals surface area contributed by atoms with Gasteiger partial charge in [0, 0.05) is 0 Å². The number of hydrogen-bond acceptors (Lipinski definition) is 3. The van der Waals surface area contributed by atoms with Crippen molar-refractivity contribution < 1.29 is 19.4 Å². The van der Waals surface area contributed by atoms with E-state index in [9.17, 15) is 9.59 Å². The van der Waals surface area contributed by atoms with Gasteiger partial charge in [0.15, 0.2) is 5.92 Å². The van der Waals surface area contributed by atoms with E-state index in [1.807, 2.05) is 6.92 Å². The minimum Gasteiger partial charge on any atom is -0.481 e. The summed E-state index contributed by atoms with van der Waals surface area (Å²) in [6.45, 7) is 3.77. The number of carbonyl (C=O) groups is 2. The third-order valence-electron chi connectivity index (χ3n) is 2.00. The maximum Gasteiger partial charge on any atom is 0.321 e. The molecule has 88 valence electrons. The van der Waals surface area contributed by atoms with Crippen molar-refractivity contribution in [2.24, 2.45) is 5.92 Å². The van der Waals surface area contributed by atoms with E-state index in [0.717, 1.165) is 12.8 Å². The van der Waals surface area contributed by atoms with Gasteiger partial charge in [0.1, 0.15) is 0 Å². The van der Waals surface area contributed by atoms with Crippen LogP contribution in [0.2, 0.25) is 0 Å². The number of esters is 1. The highest BCUT2D eigenvalue weighted by Crippen LogP contribution is 2.19. The van der Waals surface area contributed by atoms with Gasteiger partial charge in [0.05, 0.1) is 12.0 Å². The van der Waals surface area contributed by atoms with Gasteiger partial charge in [0.2, 0.25) is 0 Å². The molecule has 2 atom stereocenters. The molecule has 0 aliphatic heterocycles. The predicted molar refractivity (Wildman–Crippen MR) is 56.9 cm³/mol. The van der Waals surface area contributed by atoms with Gasteiger partial charge >= 0.3 is 11.9 Å². The Hall–Kier alpha value is -0.770. The third kappa shape index (κ3) is 5.02. The number of alkyl halides is 1. The number of halogens is 1. The molecule has 0 aliphatic rings. The molecule has 15 heavy (non-hydrogen) atoms. The summed E-state index contributed by atoms with van der Waals surface area (Å²) in [7, 11) is 0. The van der Waals surface area contributed by atoms with Crippen molar-refractivity contribution in [1.29, 1.82) is 0 Å². The summed E-state index contributed by atoms with van der Waals surface area (Å²) in [5.41, 5.74) is 0. The standard InChI is InChI=1S/C10H17ClO4/c1-3-5-6-7(11)8(9(12)13)10(14)15-4-2/h7-8H,3-6H2,1-2H3,(H,12,13). The first-order chi connectivity index (χ1) is 7.04. The van der Waals surface area contributed by atoms with Gasteiger partial charge in [-0.05, 0) is 13.3 Å². The molecule has 0 saturated carbocycles. The van der Waals surface area contributed by atoms with Crippen LogP contribution >= 0.6 is 11.6 Å². The maximum absolute atomic E-state index is 11.3. The molecule has 0 fully saturated rings. The van der Waals surface area contributed by atoms with Gasteiger partial charge in [0.25, 0.3) is 0 Å². The topological polar surface area (TPSA) is 63.6 Å². The molecule has 0 rings (SSSR count). The van der Waals surface area contributed by atoms with Gasteiger partial charge in [-0.15, -0.1) is 11.6 Å². The zero-order valence-electron chi connectivity index (χ0n) is 9.03. The lowest BCUT2D eigenvalue weighted by atomic mass is 10.0. The Kier molecular flexibility index (Phi) is 7.13. The molecule has 0 radical (unpaired) electrons. The van der Waals surface area contributed by atoms with E-state index >= 15 is 0 Å². The molecule has 0 saturated heterocycles. The van der Waals surface area contributed by atoms with Crippen molar-refractivity contribution in [3.63, 3.8) is 0 Å². The van der Waals surface area contributed by atoms with E-state index in [0.29, 0.717) is 6.42 Å². The zero-order valence-corrected chi connectivity index (χ0v) is 9.79. The van der Waals surface area contributed by atoms with Crippen molar-refractivity contribution in [3.8, 4) is 0 Å². The van der Waals surface area contributed by atoms with Crippen LogP contribution in [0.25, 0.3) is 0 Å². The second-order valence-electron chi connectivity index (χ2n) is 3.23. The van der Waals surface area contributed by atoms with Crippen molar-refractivity contribution in [1.82, 2.24) is 0 Å². The van der Waals surface area contributed by atoms with Crippen molar-refractivity contribution >= 4 is 23.5 Å². The third-order valence-corrected chi connectivity index (χ3v) is 2.47. The Morgan fingerprint density at radius 3 is 2.40 bits per heavy atom. The van der Waals surface area contributed by atoms with Gasteiger partial charge in [-0.3, -0.25) is 9.59 Å². The first-order valence-corrected chi connectivity index (χ1v) is 5.51. The minimum atomic E-state index is -1.25. The Bertz CT molecular complexity index is 217. The monoisotopic (exact) mass is 236 g/mol. The summed E-state index contributed by atoms with van der Waals surface area (Å²) in [5, 5.41) is 8.16. The molecule has 4 nitrogen and oxygen atoms in total. The van der Waals surface area contributed by atoms with Crippen LogP contribution in [0.3, 0.4) is 0 Å².